The Labute approximate surface area is 190 Å². The minimum atomic E-state index is -4.13. The quantitative estimate of drug-likeness (QED) is 0.234. The highest BCUT2D eigenvalue weighted by Crippen LogP contribution is 2.61. The fourth-order valence-corrected chi connectivity index (χ4v) is 4.46. The average Bonchev–Trinajstić information content (AvgIpc) is 2.50. The number of ether oxygens (including phenoxy) is 2. The molecule has 0 aromatic rings. The van der Waals surface area contributed by atoms with Gasteiger partial charge in [-0.3, -0.25) is 9.12 Å². The highest BCUT2D eigenvalue weighted by molar-refractivity contribution is 8.24. The fraction of sp³-hybridized carbons (Fsp3) is 1.00. The van der Waals surface area contributed by atoms with Gasteiger partial charge in [0.1, 0.15) is 10.7 Å². The van der Waals surface area contributed by atoms with Gasteiger partial charge in [-0.05, 0) is 59.4 Å². The predicted molar refractivity (Wildman–Crippen MR) is 114 cm³/mol. The van der Waals surface area contributed by atoms with Crippen LogP contribution in [0.25, 0.3) is 0 Å². The molecule has 3 heterocycles. The number of nitrogens with two attached hydrogens (primary N) is 3. The molecular weight excluding hydrogens is 530 g/mol. The number of hydrogen-bond donors (Lipinski definition) is 5. The molecular formula is C12H26Cl3N4O8PS2. The molecule has 0 aromatic carbocycles. The van der Waals surface area contributed by atoms with Crippen LogP contribution in [0, 0.1) is 0 Å². The first-order valence-corrected chi connectivity index (χ1v) is 16.0. The van der Waals surface area contributed by atoms with E-state index in [0.717, 1.165) is 6.42 Å². The van der Waals surface area contributed by atoms with Gasteiger partial charge in [-0.15, -0.1) is 0 Å². The Morgan fingerprint density at radius 2 is 1.67 bits per heavy atom. The van der Waals surface area contributed by atoms with E-state index in [4.69, 9.17) is 31.2 Å². The summed E-state index contributed by atoms with van der Waals surface area (Å²) in [5.41, 5.74) is 15.6. The second kappa shape index (κ2) is 10.8. The Kier molecular flexibility index (Phi) is 10.3. The largest absolute Gasteiger partial charge is 0.377 e. The summed E-state index contributed by atoms with van der Waals surface area (Å²) in [7, 11) is -7.41. The molecule has 3 aliphatic heterocycles. The Bertz CT molecular complexity index is 824. The summed E-state index contributed by atoms with van der Waals surface area (Å²) in [5, 5.41) is -5.21. The fourth-order valence-electron chi connectivity index (χ4n) is 2.64. The number of rotatable bonds is 4. The van der Waals surface area contributed by atoms with Crippen molar-refractivity contribution in [3.8, 4) is 0 Å². The van der Waals surface area contributed by atoms with Crippen LogP contribution in [0.3, 0.4) is 0 Å². The van der Waals surface area contributed by atoms with E-state index in [1.54, 1.807) is 0 Å². The molecule has 0 aromatic heterocycles. The lowest BCUT2D eigenvalue weighted by atomic mass is 9.92. The maximum absolute atomic E-state index is 11.3. The van der Waals surface area contributed by atoms with Crippen LogP contribution in [0.5, 0.6) is 0 Å². The van der Waals surface area contributed by atoms with Crippen molar-refractivity contribution in [2.75, 3.05) is 26.4 Å². The zero-order valence-corrected chi connectivity index (χ0v) is 20.5. The van der Waals surface area contributed by atoms with Crippen molar-refractivity contribution in [2.24, 2.45) is 17.2 Å². The third kappa shape index (κ3) is 10.1. The van der Waals surface area contributed by atoms with Gasteiger partial charge in [-0.1, -0.05) is 0 Å². The van der Waals surface area contributed by atoms with Crippen LogP contribution in [0.2, 0.25) is 0 Å². The summed E-state index contributed by atoms with van der Waals surface area (Å²) in [6.45, 7) is 1.81. The van der Waals surface area contributed by atoms with E-state index < -0.39 is 41.6 Å². The normalized spacial score (nSPS) is 27.2. The maximum atomic E-state index is 11.3. The molecule has 0 bridgehead atoms. The van der Waals surface area contributed by atoms with Gasteiger partial charge >= 0.3 is 5.20 Å². The van der Waals surface area contributed by atoms with Crippen molar-refractivity contribution in [3.63, 3.8) is 0 Å². The van der Waals surface area contributed by atoms with Gasteiger partial charge in [0.25, 0.3) is 10.1 Å². The topological polar surface area (TPSA) is 214 Å². The van der Waals surface area contributed by atoms with Gasteiger partial charge in [-0.25, -0.2) is 13.1 Å². The van der Waals surface area contributed by atoms with Gasteiger partial charge in [0.2, 0.25) is 10.0 Å². The zero-order valence-electron chi connectivity index (χ0n) is 15.7. The van der Waals surface area contributed by atoms with E-state index in [0.29, 0.717) is 39.3 Å². The van der Waals surface area contributed by atoms with Crippen LogP contribution in [0.1, 0.15) is 25.7 Å². The Balaban J connectivity index is 0.000000247. The van der Waals surface area contributed by atoms with Gasteiger partial charge < -0.3 is 26.7 Å². The highest BCUT2D eigenvalue weighted by atomic mass is 36.0. The summed E-state index contributed by atoms with van der Waals surface area (Å²) in [6, 6.07) is 0. The van der Waals surface area contributed by atoms with Crippen LogP contribution in [-0.2, 0) is 34.2 Å². The van der Waals surface area contributed by atoms with Crippen molar-refractivity contribution in [1.29, 1.82) is 0 Å². The molecule has 12 nitrogen and oxygen atoms in total. The van der Waals surface area contributed by atoms with Crippen molar-refractivity contribution >= 4 is 59.1 Å². The first kappa shape index (κ1) is 28.8. The minimum Gasteiger partial charge on any atom is -0.377 e. The molecule has 0 amide bonds. The summed E-state index contributed by atoms with van der Waals surface area (Å²) in [4.78, 5) is 0. The van der Waals surface area contributed by atoms with Crippen LogP contribution < -0.4 is 21.9 Å². The Morgan fingerprint density at radius 1 is 1.20 bits per heavy atom. The molecule has 8 N–H and O–H groups in total. The molecule has 0 radical (unpaired) electrons. The van der Waals surface area contributed by atoms with Gasteiger partial charge in [0.05, 0.1) is 37.5 Å². The molecule has 30 heavy (non-hydrogen) atoms. The third-order valence-electron chi connectivity index (χ3n) is 4.51. The molecule has 2 unspecified atom stereocenters. The summed E-state index contributed by atoms with van der Waals surface area (Å²) < 4.78 is 74.1. The molecule has 3 saturated heterocycles. The molecule has 18 heteroatoms. The molecule has 1 spiro atoms. The smallest absolute Gasteiger partial charge is 0.339 e. The lowest BCUT2D eigenvalue weighted by Gasteiger charge is -2.45. The van der Waals surface area contributed by atoms with Gasteiger partial charge in [0.15, 0.2) is 0 Å². The lowest BCUT2D eigenvalue weighted by molar-refractivity contribution is -0.0701. The Morgan fingerprint density at radius 3 is 1.97 bits per heavy atom. The number of halogens is 3. The second-order valence-electron chi connectivity index (χ2n) is 7.34. The van der Waals surface area contributed by atoms with E-state index >= 15 is 0 Å². The first-order valence-electron chi connectivity index (χ1n) is 8.51. The minimum absolute atomic E-state index is 0.151. The first-order chi connectivity index (χ1) is 13.4. The molecule has 0 saturated carbocycles. The molecule has 3 rings (SSSR count). The molecule has 2 atom stereocenters. The van der Waals surface area contributed by atoms with E-state index in [1.807, 2.05) is 0 Å². The van der Waals surface area contributed by atoms with Crippen LogP contribution in [-0.4, -0.2) is 69.6 Å². The number of nitrogens with one attached hydrogen (secondary N) is 1. The lowest BCUT2D eigenvalue weighted by Crippen LogP contribution is -2.67. The molecule has 180 valence electrons. The molecule has 3 aliphatic rings. The average molecular weight is 556 g/mol. The SMILES string of the molecule is NC(CCC1(N)COC1)S(=O)(=O)O.NC1CCC2(COC2)NS1(=O)=O.O=P(Cl)(Cl)Cl. The van der Waals surface area contributed by atoms with Crippen molar-refractivity contribution in [1.82, 2.24) is 4.72 Å². The second-order valence-corrected chi connectivity index (χ2v) is 17.5. The van der Waals surface area contributed by atoms with Crippen LogP contribution in [0.4, 0.5) is 0 Å². The monoisotopic (exact) mass is 554 g/mol. The maximum Gasteiger partial charge on any atom is 0.339 e. The van der Waals surface area contributed by atoms with Crippen molar-refractivity contribution < 1.29 is 35.4 Å². The van der Waals surface area contributed by atoms with Crippen molar-refractivity contribution in [2.45, 2.75) is 47.5 Å². The van der Waals surface area contributed by atoms with E-state index in [2.05, 4.69) is 38.4 Å². The summed E-state index contributed by atoms with van der Waals surface area (Å²) in [5.74, 6) is 0. The summed E-state index contributed by atoms with van der Waals surface area (Å²) >= 11 is 13.8. The van der Waals surface area contributed by atoms with Crippen LogP contribution >= 0.6 is 38.9 Å². The predicted octanol–water partition coefficient (Wildman–Crippen LogP) is 0.231. The Hall–Kier alpha value is 0.720. The van der Waals surface area contributed by atoms with Crippen molar-refractivity contribution in [3.05, 3.63) is 0 Å². The van der Waals surface area contributed by atoms with E-state index in [-0.39, 0.29) is 12.0 Å². The number of sulfonamides is 1. The third-order valence-corrected chi connectivity index (χ3v) is 7.26. The van der Waals surface area contributed by atoms with Crippen LogP contribution in [0.15, 0.2) is 0 Å². The van der Waals surface area contributed by atoms with Gasteiger partial charge in [-0.2, -0.15) is 8.42 Å². The zero-order chi connectivity index (χ0) is 23.4. The van der Waals surface area contributed by atoms with E-state index in [9.17, 15) is 21.4 Å². The number of hydrogen-bond acceptors (Lipinski definition) is 10. The highest BCUT2D eigenvalue weighted by Gasteiger charge is 2.47. The molecule has 3 fully saturated rings. The standard InChI is InChI=1S/C6H14N2O4S.C6H12N2O3S.Cl3OP/c7-5(13(9,10)11)1-2-6(8)3-12-4-6;7-5-1-2-6(3-11-4-6)8-12(5,9)10;1-5(2,3)4/h5H,1-4,7-8H2,(H,9,10,11);5,8H,1-4,7H2;. The molecule has 0 aliphatic carbocycles. The van der Waals surface area contributed by atoms with Gasteiger partial charge in [0, 0.05) is 0 Å². The van der Waals surface area contributed by atoms with E-state index in [1.165, 1.54) is 0 Å². The summed E-state index contributed by atoms with van der Waals surface area (Å²) in [6.07, 6.45) is 1.90.